The lowest BCUT2D eigenvalue weighted by Gasteiger charge is -2.35. The standard InChI is InChI=1S/C14H18BrFN2.2ClH/c15-11-3-4-13(16)12(9-11)14(10-1-2-10)18-7-5-17-6-8-18;;/h3-4,9-10,14,17H,1-2,5-8H2;2*1H/t14-;;/m1../s1. The molecule has 2 nitrogen and oxygen atoms in total. The van der Waals surface area contributed by atoms with Gasteiger partial charge in [-0.25, -0.2) is 4.39 Å². The third kappa shape index (κ3) is 4.08. The van der Waals surface area contributed by atoms with E-state index in [1.54, 1.807) is 12.1 Å². The van der Waals surface area contributed by atoms with Crippen molar-refractivity contribution in [2.24, 2.45) is 5.92 Å². The van der Waals surface area contributed by atoms with Crippen molar-refractivity contribution < 1.29 is 4.39 Å². The summed E-state index contributed by atoms with van der Waals surface area (Å²) in [5.74, 6) is 0.584. The zero-order valence-corrected chi connectivity index (χ0v) is 14.4. The van der Waals surface area contributed by atoms with Crippen molar-refractivity contribution in [3.63, 3.8) is 0 Å². The molecule has 1 aliphatic heterocycles. The molecule has 6 heteroatoms. The molecule has 2 fully saturated rings. The molecular weight excluding hydrogens is 366 g/mol. The SMILES string of the molecule is Cl.Cl.Fc1ccc(Br)cc1[C@@H](C1CC1)N1CCNCC1. The molecule has 1 aromatic rings. The van der Waals surface area contributed by atoms with Crippen molar-refractivity contribution in [1.82, 2.24) is 10.2 Å². The van der Waals surface area contributed by atoms with Gasteiger partial charge in [0.05, 0.1) is 0 Å². The van der Waals surface area contributed by atoms with E-state index in [-0.39, 0.29) is 36.7 Å². The van der Waals surface area contributed by atoms with Gasteiger partial charge in [0.15, 0.2) is 0 Å². The van der Waals surface area contributed by atoms with Crippen LogP contribution >= 0.6 is 40.7 Å². The zero-order valence-electron chi connectivity index (χ0n) is 11.1. The molecule has 0 unspecified atom stereocenters. The van der Waals surface area contributed by atoms with Gasteiger partial charge in [-0.2, -0.15) is 0 Å². The van der Waals surface area contributed by atoms with Gasteiger partial charge in [-0.3, -0.25) is 4.90 Å². The smallest absolute Gasteiger partial charge is 0.128 e. The minimum Gasteiger partial charge on any atom is -0.314 e. The second-order valence-electron chi connectivity index (χ2n) is 5.23. The minimum absolute atomic E-state index is 0. The summed E-state index contributed by atoms with van der Waals surface area (Å²) in [5.41, 5.74) is 0.869. The highest BCUT2D eigenvalue weighted by Crippen LogP contribution is 2.45. The summed E-state index contributed by atoms with van der Waals surface area (Å²) in [6.45, 7) is 4.07. The number of nitrogens with one attached hydrogen (secondary N) is 1. The summed E-state index contributed by atoms with van der Waals surface area (Å²) in [4.78, 5) is 2.44. The van der Waals surface area contributed by atoms with Crippen LogP contribution in [0.5, 0.6) is 0 Å². The van der Waals surface area contributed by atoms with E-state index in [2.05, 4.69) is 26.1 Å². The molecule has 1 aromatic carbocycles. The molecule has 1 heterocycles. The number of hydrogen-bond acceptors (Lipinski definition) is 2. The van der Waals surface area contributed by atoms with Gasteiger partial charge in [-0.1, -0.05) is 15.9 Å². The van der Waals surface area contributed by atoms with E-state index in [4.69, 9.17) is 0 Å². The van der Waals surface area contributed by atoms with Gasteiger partial charge < -0.3 is 5.32 Å². The maximum absolute atomic E-state index is 14.1. The Kier molecular flexibility index (Phi) is 7.22. The van der Waals surface area contributed by atoms with Crippen molar-refractivity contribution >= 4 is 40.7 Å². The lowest BCUT2D eigenvalue weighted by atomic mass is 9.99. The Morgan fingerprint density at radius 1 is 1.20 bits per heavy atom. The molecule has 1 saturated carbocycles. The number of benzene rings is 1. The summed E-state index contributed by atoms with van der Waals surface area (Å²) in [6, 6.07) is 5.59. The lowest BCUT2D eigenvalue weighted by Crippen LogP contribution is -2.45. The number of piperazine rings is 1. The number of nitrogens with zero attached hydrogens (tertiary/aromatic N) is 1. The Hall–Kier alpha value is 0.130. The molecule has 1 saturated heterocycles. The first-order valence-corrected chi connectivity index (χ1v) is 7.45. The third-order valence-corrected chi connectivity index (χ3v) is 4.38. The van der Waals surface area contributed by atoms with Crippen LogP contribution in [-0.4, -0.2) is 31.1 Å². The molecule has 3 rings (SSSR count). The summed E-state index contributed by atoms with van der Waals surface area (Å²) >= 11 is 3.46. The first-order chi connectivity index (χ1) is 8.75. The quantitative estimate of drug-likeness (QED) is 0.851. The maximum Gasteiger partial charge on any atom is 0.128 e. The number of halogens is 4. The van der Waals surface area contributed by atoms with E-state index >= 15 is 0 Å². The molecule has 1 N–H and O–H groups in total. The van der Waals surface area contributed by atoms with Crippen molar-refractivity contribution in [3.05, 3.63) is 34.1 Å². The van der Waals surface area contributed by atoms with E-state index in [1.807, 2.05) is 6.07 Å². The molecule has 1 atom stereocenters. The monoisotopic (exact) mass is 384 g/mol. The predicted molar refractivity (Wildman–Crippen MR) is 88.5 cm³/mol. The maximum atomic E-state index is 14.1. The average Bonchev–Trinajstić information content (AvgIpc) is 3.20. The van der Waals surface area contributed by atoms with Crippen molar-refractivity contribution in [1.29, 1.82) is 0 Å². The van der Waals surface area contributed by atoms with Crippen LogP contribution in [0.2, 0.25) is 0 Å². The van der Waals surface area contributed by atoms with Gasteiger partial charge in [-0.15, -0.1) is 24.8 Å². The molecule has 0 bridgehead atoms. The third-order valence-electron chi connectivity index (χ3n) is 3.89. The van der Waals surface area contributed by atoms with Gasteiger partial charge in [0.2, 0.25) is 0 Å². The van der Waals surface area contributed by atoms with Gasteiger partial charge in [0.1, 0.15) is 5.82 Å². The van der Waals surface area contributed by atoms with Crippen molar-refractivity contribution in [3.8, 4) is 0 Å². The number of hydrogen-bond donors (Lipinski definition) is 1. The Bertz CT molecular complexity index is 437. The second-order valence-corrected chi connectivity index (χ2v) is 6.15. The van der Waals surface area contributed by atoms with Crippen LogP contribution in [0, 0.1) is 11.7 Å². The molecule has 0 radical (unpaired) electrons. The summed E-state index contributed by atoms with van der Waals surface area (Å²) in [5, 5.41) is 3.36. The van der Waals surface area contributed by atoms with Crippen LogP contribution in [0.25, 0.3) is 0 Å². The van der Waals surface area contributed by atoms with Crippen LogP contribution < -0.4 is 5.32 Å². The first-order valence-electron chi connectivity index (χ1n) is 6.65. The molecular formula is C14H20BrCl2FN2. The minimum atomic E-state index is -0.0615. The molecule has 20 heavy (non-hydrogen) atoms. The van der Waals surface area contributed by atoms with E-state index in [9.17, 15) is 4.39 Å². The molecule has 2 aliphatic rings. The Morgan fingerprint density at radius 3 is 2.45 bits per heavy atom. The molecule has 114 valence electrons. The largest absolute Gasteiger partial charge is 0.314 e. The fraction of sp³-hybridized carbons (Fsp3) is 0.571. The Labute approximate surface area is 140 Å². The van der Waals surface area contributed by atoms with Crippen molar-refractivity contribution in [2.45, 2.75) is 18.9 Å². The van der Waals surface area contributed by atoms with E-state index in [0.29, 0.717) is 5.92 Å². The number of rotatable bonds is 3. The lowest BCUT2D eigenvalue weighted by molar-refractivity contribution is 0.153. The summed E-state index contributed by atoms with van der Waals surface area (Å²) in [6.07, 6.45) is 2.47. The fourth-order valence-corrected chi connectivity index (χ4v) is 3.24. The van der Waals surface area contributed by atoms with Gasteiger partial charge in [0, 0.05) is 42.3 Å². The van der Waals surface area contributed by atoms with Crippen LogP contribution in [0.15, 0.2) is 22.7 Å². The van der Waals surface area contributed by atoms with E-state index < -0.39 is 0 Å². The zero-order chi connectivity index (χ0) is 12.5. The molecule has 1 aliphatic carbocycles. The Morgan fingerprint density at radius 2 is 1.85 bits per heavy atom. The van der Waals surface area contributed by atoms with Gasteiger partial charge >= 0.3 is 0 Å². The average molecular weight is 386 g/mol. The molecule has 0 aromatic heterocycles. The predicted octanol–water partition coefficient (Wildman–Crippen LogP) is 3.79. The fourth-order valence-electron chi connectivity index (χ4n) is 2.86. The van der Waals surface area contributed by atoms with Gasteiger partial charge in [0.25, 0.3) is 0 Å². The highest BCUT2D eigenvalue weighted by atomic mass is 79.9. The van der Waals surface area contributed by atoms with E-state index in [0.717, 1.165) is 36.2 Å². The van der Waals surface area contributed by atoms with E-state index in [1.165, 1.54) is 12.8 Å². The van der Waals surface area contributed by atoms with Crippen LogP contribution in [0.3, 0.4) is 0 Å². The topological polar surface area (TPSA) is 15.3 Å². The molecule has 0 spiro atoms. The van der Waals surface area contributed by atoms with Crippen LogP contribution in [0.4, 0.5) is 4.39 Å². The van der Waals surface area contributed by atoms with Gasteiger partial charge in [-0.05, 0) is 37.0 Å². The first kappa shape index (κ1) is 18.2. The summed E-state index contributed by atoms with van der Waals surface area (Å²) in [7, 11) is 0. The second kappa shape index (κ2) is 7.95. The highest BCUT2D eigenvalue weighted by molar-refractivity contribution is 9.10. The highest BCUT2D eigenvalue weighted by Gasteiger charge is 2.38. The molecule has 0 amide bonds. The van der Waals surface area contributed by atoms with Crippen molar-refractivity contribution in [2.75, 3.05) is 26.2 Å². The van der Waals surface area contributed by atoms with Crippen LogP contribution in [0.1, 0.15) is 24.4 Å². The Balaban J connectivity index is 0.000001000. The normalized spacial score (nSPS) is 20.7. The van der Waals surface area contributed by atoms with Crippen LogP contribution in [-0.2, 0) is 0 Å². The summed E-state index contributed by atoms with van der Waals surface area (Å²) < 4.78 is 15.1.